The van der Waals surface area contributed by atoms with Gasteiger partial charge in [0.05, 0.1) is 91.3 Å². The van der Waals surface area contributed by atoms with Crippen LogP contribution in [0.4, 0.5) is 16.3 Å². The molecule has 1 spiro atoms. The van der Waals surface area contributed by atoms with Crippen LogP contribution in [0.25, 0.3) is 11.2 Å². The van der Waals surface area contributed by atoms with Crippen LogP contribution in [0.3, 0.4) is 0 Å². The second kappa shape index (κ2) is 32.6. The van der Waals surface area contributed by atoms with Crippen LogP contribution >= 0.6 is 0 Å². The maximum Gasteiger partial charge on any atom is 0.410 e. The van der Waals surface area contributed by atoms with Gasteiger partial charge in [-0.2, -0.15) is 9.97 Å². The minimum atomic E-state index is -1.15. The molecule has 6 rings (SSSR count). The first-order chi connectivity index (χ1) is 39.1. The number of aromatic nitrogens is 4. The van der Waals surface area contributed by atoms with Gasteiger partial charge in [-0.05, 0) is 73.0 Å². The third-order valence-electron chi connectivity index (χ3n) is 13.4. The van der Waals surface area contributed by atoms with Crippen molar-refractivity contribution in [1.29, 1.82) is 0 Å². The number of nitrogens with two attached hydrogens (primary N) is 3. The third kappa shape index (κ3) is 19.7. The quantitative estimate of drug-likeness (QED) is 0.0238. The lowest BCUT2D eigenvalue weighted by Crippen LogP contribution is -2.70. The Labute approximate surface area is 470 Å². The Morgan fingerprint density at radius 2 is 1.51 bits per heavy atom. The first kappa shape index (κ1) is 63.4. The van der Waals surface area contributed by atoms with Crippen LogP contribution in [0.15, 0.2) is 47.3 Å². The predicted molar refractivity (Wildman–Crippen MR) is 296 cm³/mol. The number of hydrogen-bond donors (Lipinski definition) is 8. The van der Waals surface area contributed by atoms with Crippen molar-refractivity contribution in [3.8, 4) is 6.01 Å². The molecule has 81 heavy (non-hydrogen) atoms. The van der Waals surface area contributed by atoms with E-state index in [1.165, 1.54) is 4.57 Å². The summed E-state index contributed by atoms with van der Waals surface area (Å²) >= 11 is 0. The molecule has 4 heterocycles. The molecule has 4 aromatic rings. The van der Waals surface area contributed by atoms with Crippen molar-refractivity contribution in [2.24, 2.45) is 17.5 Å². The molecule has 2 aliphatic rings. The number of aromatic carboxylic acids is 1. The Bertz CT molecular complexity index is 2720. The standard InChI is InChI=1S/C54H80N12O15/c1-4-5-18-78-51-62-46(56)45-47(63-51)66(52(72)61-45)31-39-12-9-38(29-41(39)50(70)71)30-64-33-54(34-64)35-65(17-20-80-54)53(73)79-32-37-10-13-40(14-11-37)58-48(68)42(8-6-7-16-55)59-49(69)44(36(2)3)60-43(67)15-19-74-21-22-75-23-24-76-25-26-77-27-28-81-57/h9-14,29,36,42,44H,4-8,15-28,30-35,55,57H2,1-3H3,(H,58,68)(H,59,69)(H,60,67)(H,61,72)(H,70,71)(H2,56,62,63). The molecule has 2 aromatic heterocycles. The number of anilines is 2. The number of H-pyrrole nitrogens is 1. The molecule has 0 radical (unpaired) electrons. The molecule has 0 aliphatic carbocycles. The van der Waals surface area contributed by atoms with Gasteiger partial charge in [0.2, 0.25) is 17.7 Å². The van der Waals surface area contributed by atoms with Crippen LogP contribution in [-0.4, -0.2) is 187 Å². The second-order valence-electron chi connectivity index (χ2n) is 20.1. The topological polar surface area (TPSA) is 364 Å². The fraction of sp³-hybridized carbons (Fsp3) is 0.593. The van der Waals surface area contributed by atoms with Crippen molar-refractivity contribution in [2.45, 2.75) is 96.7 Å². The number of carbonyl (C=O) groups excluding carboxylic acids is 4. The largest absolute Gasteiger partial charge is 0.478 e. The highest BCUT2D eigenvalue weighted by Gasteiger charge is 2.48. The number of benzene rings is 2. The summed E-state index contributed by atoms with van der Waals surface area (Å²) in [4.78, 5) is 98.4. The van der Waals surface area contributed by atoms with Crippen molar-refractivity contribution < 1.29 is 67.1 Å². The summed E-state index contributed by atoms with van der Waals surface area (Å²) in [6.45, 7) is 11.6. The molecule has 2 aliphatic heterocycles. The van der Waals surface area contributed by atoms with Gasteiger partial charge < -0.3 is 80.4 Å². The van der Waals surface area contributed by atoms with Crippen LogP contribution in [0.5, 0.6) is 6.01 Å². The SMILES string of the molecule is CCCCOc1nc(N)c2[nH]c(=O)n(Cc3ccc(CN4CC5(C4)CN(C(=O)OCc4ccc(NC(=O)C(CCCCN)NC(=O)C(NC(=O)CCOCCOCCOCCOCCON)C(C)C)cc4)CCO5)cc3C(=O)O)c2n1. The Morgan fingerprint density at radius 1 is 0.827 bits per heavy atom. The Hall–Kier alpha value is -6.82. The molecule has 4 amide bonds. The van der Waals surface area contributed by atoms with Gasteiger partial charge in [-0.3, -0.25) is 23.9 Å². The normalized spacial score (nSPS) is 14.9. The number of carbonyl (C=O) groups is 5. The van der Waals surface area contributed by atoms with E-state index in [2.05, 4.69) is 40.6 Å². The summed E-state index contributed by atoms with van der Waals surface area (Å²) in [5.41, 5.74) is 13.4. The zero-order valence-corrected chi connectivity index (χ0v) is 46.6. The maximum absolute atomic E-state index is 13.7. The van der Waals surface area contributed by atoms with Gasteiger partial charge in [-0.1, -0.05) is 51.5 Å². The molecular formula is C54H80N12O15. The summed E-state index contributed by atoms with van der Waals surface area (Å²) in [5, 5.41) is 18.7. The van der Waals surface area contributed by atoms with E-state index in [0.717, 1.165) is 18.4 Å². The lowest BCUT2D eigenvalue weighted by molar-refractivity contribution is -0.181. The van der Waals surface area contributed by atoms with Gasteiger partial charge in [0, 0.05) is 38.3 Å². The highest BCUT2D eigenvalue weighted by atomic mass is 16.6. The van der Waals surface area contributed by atoms with Crippen molar-refractivity contribution in [3.05, 3.63) is 75.2 Å². The minimum Gasteiger partial charge on any atom is -0.478 e. The number of unbranched alkanes of at least 4 members (excludes halogenated alkanes) is 2. The number of nitrogens with one attached hydrogen (secondary N) is 4. The summed E-state index contributed by atoms with van der Waals surface area (Å²) in [7, 11) is 0. The number of hydrogen-bond acceptors (Lipinski definition) is 20. The van der Waals surface area contributed by atoms with Crippen LogP contribution in [0, 0.1) is 5.92 Å². The molecule has 2 fully saturated rings. The maximum atomic E-state index is 13.7. The van der Waals surface area contributed by atoms with E-state index in [1.54, 1.807) is 55.1 Å². The number of nitrogens with zero attached hydrogens (tertiary/aromatic N) is 5. The zero-order valence-electron chi connectivity index (χ0n) is 46.6. The molecule has 27 nitrogen and oxygen atoms in total. The minimum absolute atomic E-state index is 0.0187. The number of fused-ring (bicyclic) bond motifs is 1. The average molecular weight is 1140 g/mol. The smallest absolute Gasteiger partial charge is 0.410 e. The van der Waals surface area contributed by atoms with E-state index >= 15 is 0 Å². The number of imidazole rings is 1. The molecule has 27 heteroatoms. The molecule has 2 atom stereocenters. The first-order valence-electron chi connectivity index (χ1n) is 27.5. The fourth-order valence-corrected chi connectivity index (χ4v) is 9.10. The number of morpholine rings is 1. The number of carboxylic acids is 1. The van der Waals surface area contributed by atoms with Gasteiger partial charge in [0.1, 0.15) is 29.8 Å². The molecule has 0 bridgehead atoms. The number of rotatable bonds is 36. The molecule has 2 unspecified atom stereocenters. The number of nitrogen functional groups attached to an aromatic ring is 1. The van der Waals surface area contributed by atoms with Gasteiger partial charge in [-0.15, -0.1) is 0 Å². The molecule has 2 saturated heterocycles. The van der Waals surface area contributed by atoms with E-state index in [1.807, 2.05) is 13.0 Å². The highest BCUT2D eigenvalue weighted by Crippen LogP contribution is 2.31. The summed E-state index contributed by atoms with van der Waals surface area (Å²) in [6.07, 6.45) is 2.72. The Kier molecular flexibility index (Phi) is 25.5. The molecular weight excluding hydrogens is 1060 g/mol. The number of carboxylic acid groups (broad SMARTS) is 1. The van der Waals surface area contributed by atoms with Crippen LogP contribution in [0.2, 0.25) is 0 Å². The molecule has 11 N–H and O–H groups in total. The zero-order chi connectivity index (χ0) is 58.2. The van der Waals surface area contributed by atoms with E-state index in [-0.39, 0.29) is 73.2 Å². The first-order valence-corrected chi connectivity index (χ1v) is 27.5. The monoisotopic (exact) mass is 1140 g/mol. The van der Waals surface area contributed by atoms with E-state index < -0.39 is 47.3 Å². The predicted octanol–water partition coefficient (Wildman–Crippen LogP) is 1.89. The van der Waals surface area contributed by atoms with Crippen LogP contribution < -0.4 is 43.7 Å². The van der Waals surface area contributed by atoms with Crippen molar-refractivity contribution in [3.63, 3.8) is 0 Å². The van der Waals surface area contributed by atoms with Gasteiger partial charge in [-0.25, -0.2) is 20.3 Å². The number of likely N-dealkylation sites (tertiary alicyclic amines) is 1. The third-order valence-corrected chi connectivity index (χ3v) is 13.4. The molecule has 0 saturated carbocycles. The van der Waals surface area contributed by atoms with Crippen molar-refractivity contribution in [1.82, 2.24) is 40.0 Å². The fourth-order valence-electron chi connectivity index (χ4n) is 9.10. The van der Waals surface area contributed by atoms with Crippen molar-refractivity contribution in [2.75, 3.05) is 116 Å². The van der Waals surface area contributed by atoms with Gasteiger partial charge >= 0.3 is 23.8 Å². The molecule has 446 valence electrons. The van der Waals surface area contributed by atoms with E-state index in [0.29, 0.717) is 135 Å². The average Bonchev–Trinajstić information content (AvgIpc) is 3.84. The number of ether oxygens (including phenoxy) is 7. The highest BCUT2D eigenvalue weighted by molar-refractivity contribution is 5.98. The second-order valence-corrected chi connectivity index (χ2v) is 20.1. The lowest BCUT2D eigenvalue weighted by atomic mass is 9.91. The lowest BCUT2D eigenvalue weighted by Gasteiger charge is -2.53. The van der Waals surface area contributed by atoms with Crippen LogP contribution in [0.1, 0.15) is 86.3 Å². The number of amides is 4. The van der Waals surface area contributed by atoms with Crippen LogP contribution in [-0.2, 0) is 67.3 Å². The summed E-state index contributed by atoms with van der Waals surface area (Å²) in [6, 6.07) is 10.1. The molecule has 2 aromatic carbocycles. The summed E-state index contributed by atoms with van der Waals surface area (Å²) < 4.78 is 40.5. The Balaban J connectivity index is 0.921. The van der Waals surface area contributed by atoms with Crippen molar-refractivity contribution >= 4 is 52.5 Å². The summed E-state index contributed by atoms with van der Waals surface area (Å²) in [5.74, 6) is 2.21. The Morgan fingerprint density at radius 3 is 2.16 bits per heavy atom. The van der Waals surface area contributed by atoms with Gasteiger partial charge in [0.15, 0.2) is 11.5 Å². The van der Waals surface area contributed by atoms with E-state index in [9.17, 15) is 33.9 Å². The van der Waals surface area contributed by atoms with E-state index in [4.69, 9.17) is 50.5 Å². The number of aromatic amines is 1. The van der Waals surface area contributed by atoms with Gasteiger partial charge in [0.25, 0.3) is 0 Å².